The third kappa shape index (κ3) is 5.68. The van der Waals surface area contributed by atoms with Crippen LogP contribution in [0.1, 0.15) is 0 Å². The van der Waals surface area contributed by atoms with Crippen molar-refractivity contribution < 1.29 is 19.2 Å². The molecule has 2 rings (SSSR count). The summed E-state index contributed by atoms with van der Waals surface area (Å²) >= 11 is 0.786. The van der Waals surface area contributed by atoms with Gasteiger partial charge in [-0.1, -0.05) is 0 Å². The molecule has 0 aromatic heterocycles. The molecular formula is C10H10KO4P. The van der Waals surface area contributed by atoms with Crippen molar-refractivity contribution in [3.8, 4) is 0 Å². The van der Waals surface area contributed by atoms with Gasteiger partial charge in [0.1, 0.15) is 0 Å². The van der Waals surface area contributed by atoms with Gasteiger partial charge >= 0.3 is 110 Å². The van der Waals surface area contributed by atoms with E-state index in [9.17, 15) is 0 Å². The Morgan fingerprint density at radius 3 is 2.00 bits per heavy atom. The van der Waals surface area contributed by atoms with E-state index in [1.807, 2.05) is 0 Å². The third-order valence-electron chi connectivity index (χ3n) is 2.01. The Labute approximate surface area is 127 Å². The summed E-state index contributed by atoms with van der Waals surface area (Å²) in [6.45, 7) is 0. The Balaban J connectivity index is 0.000000221. The summed E-state index contributed by atoms with van der Waals surface area (Å²) < 4.78 is 10.4. The van der Waals surface area contributed by atoms with Crippen LogP contribution in [0.5, 0.6) is 0 Å². The second kappa shape index (κ2) is 6.40. The van der Waals surface area contributed by atoms with Crippen LogP contribution in [0, 0.1) is 0 Å². The molecule has 0 atom stereocenters. The van der Waals surface area contributed by atoms with Gasteiger partial charge in [-0.15, -0.1) is 0 Å². The standard InChI is InChI=1S/C10H7.K.H3O4P/c1-2-6-10-8-4-3-7-9(10)5-1;;1-5(2,3)4/h1-7H;;(H3,1,2,3,4). The maximum absolute atomic E-state index is 8.88. The zero-order valence-electron chi connectivity index (χ0n) is 8.74. The van der Waals surface area contributed by atoms with Crippen LogP contribution < -0.4 is -0.342 Å². The topological polar surface area (TPSA) is 77.8 Å². The molecule has 0 saturated carbocycles. The van der Waals surface area contributed by atoms with E-state index in [0.29, 0.717) is 0 Å². The first-order valence-electron chi connectivity index (χ1n) is 4.60. The first kappa shape index (κ1) is 14.5. The van der Waals surface area contributed by atoms with Crippen molar-refractivity contribution in [1.29, 1.82) is 0 Å². The Bertz CT molecular complexity index is 509. The molecule has 0 aliphatic carbocycles. The molecule has 4 nitrogen and oxygen atoms in total. The van der Waals surface area contributed by atoms with E-state index < -0.39 is 7.82 Å². The van der Waals surface area contributed by atoms with Gasteiger partial charge < -0.3 is 14.7 Å². The molecular weight excluding hydrogens is 254 g/mol. The molecule has 0 fully saturated rings. The molecule has 0 heterocycles. The predicted molar refractivity (Wildman–Crippen MR) is 63.6 cm³/mol. The molecule has 0 radical (unpaired) electrons. The minimum absolute atomic E-state index is 0.786. The number of fused-ring (bicyclic) bond motifs is 1. The molecule has 0 aliphatic heterocycles. The predicted octanol–water partition coefficient (Wildman–Crippen LogP) is 0.705. The monoisotopic (exact) mass is 264 g/mol. The fraction of sp³-hybridized carbons (Fsp3) is 0. The molecule has 3 N–H and O–H groups in total. The zero-order valence-corrected chi connectivity index (χ0v) is 12.8. The van der Waals surface area contributed by atoms with Crippen LogP contribution >= 0.6 is 7.82 Å². The van der Waals surface area contributed by atoms with Crippen molar-refractivity contribution in [3.63, 3.8) is 0 Å². The van der Waals surface area contributed by atoms with Crippen LogP contribution in [0.3, 0.4) is 0 Å². The molecule has 0 unspecified atom stereocenters. The number of hydrogen-bond donors (Lipinski definition) is 3. The first-order valence-corrected chi connectivity index (χ1v) is 7.73. The van der Waals surface area contributed by atoms with Gasteiger partial charge in [-0.25, -0.2) is 4.57 Å². The zero-order chi connectivity index (χ0) is 12.2. The molecule has 0 bridgehead atoms. The van der Waals surface area contributed by atoms with Crippen molar-refractivity contribution in [3.05, 3.63) is 42.5 Å². The molecule has 2 aromatic rings. The molecule has 0 saturated heterocycles. The number of rotatable bonds is 0. The Morgan fingerprint density at radius 1 is 0.938 bits per heavy atom. The van der Waals surface area contributed by atoms with E-state index in [2.05, 4.69) is 42.5 Å². The van der Waals surface area contributed by atoms with Gasteiger partial charge in [-0.2, -0.15) is 0 Å². The second-order valence-electron chi connectivity index (χ2n) is 3.31. The summed E-state index contributed by atoms with van der Waals surface area (Å²) in [5.74, 6) is 0. The number of hydrogen-bond acceptors (Lipinski definition) is 1. The van der Waals surface area contributed by atoms with Crippen molar-refractivity contribution in [2.45, 2.75) is 0 Å². The molecule has 0 spiro atoms. The third-order valence-corrected chi connectivity index (χ3v) is 3.37. The SMILES string of the molecule is O=P(O)(O)O.[K][c]1cccc2ccccc12. The van der Waals surface area contributed by atoms with Gasteiger partial charge in [0.15, 0.2) is 0 Å². The van der Waals surface area contributed by atoms with E-state index in [1.165, 1.54) is 10.4 Å². The first-order chi connectivity index (χ1) is 7.38. The van der Waals surface area contributed by atoms with Gasteiger partial charge in [-0.3, -0.25) is 0 Å². The van der Waals surface area contributed by atoms with Gasteiger partial charge in [0.05, 0.1) is 0 Å². The van der Waals surface area contributed by atoms with Crippen LogP contribution in [0.2, 0.25) is 0 Å². The van der Waals surface area contributed by atoms with Crippen molar-refractivity contribution in [2.24, 2.45) is 0 Å². The van der Waals surface area contributed by atoms with Crippen molar-refractivity contribution in [2.75, 3.05) is 0 Å². The average molecular weight is 264 g/mol. The van der Waals surface area contributed by atoms with Crippen molar-refractivity contribution in [1.82, 2.24) is 0 Å². The Morgan fingerprint density at radius 2 is 1.44 bits per heavy atom. The normalized spacial score (nSPS) is 10.8. The Kier molecular flexibility index (Phi) is 5.80. The molecule has 16 heavy (non-hydrogen) atoms. The fourth-order valence-electron chi connectivity index (χ4n) is 1.39. The van der Waals surface area contributed by atoms with Crippen LogP contribution in [-0.4, -0.2) is 63.6 Å². The quantitative estimate of drug-likeness (QED) is 0.483. The van der Waals surface area contributed by atoms with Crippen LogP contribution in [0.4, 0.5) is 0 Å². The molecule has 80 valence electrons. The molecule has 6 heteroatoms. The summed E-state index contributed by atoms with van der Waals surface area (Å²) in [6, 6.07) is 15.1. The van der Waals surface area contributed by atoms with E-state index >= 15 is 0 Å². The van der Waals surface area contributed by atoms with Crippen molar-refractivity contribution >= 4 is 67.2 Å². The summed E-state index contributed by atoms with van der Waals surface area (Å²) in [5, 5.41) is 2.81. The maximum atomic E-state index is 8.88. The summed E-state index contributed by atoms with van der Waals surface area (Å²) in [4.78, 5) is 21.6. The van der Waals surface area contributed by atoms with Gasteiger partial charge in [0.25, 0.3) is 0 Å². The summed E-state index contributed by atoms with van der Waals surface area (Å²) in [5.41, 5.74) is 0. The van der Waals surface area contributed by atoms with Gasteiger partial charge in [0, 0.05) is 0 Å². The van der Waals surface area contributed by atoms with Crippen LogP contribution in [0.25, 0.3) is 10.8 Å². The van der Waals surface area contributed by atoms with Gasteiger partial charge in [-0.05, 0) is 0 Å². The van der Waals surface area contributed by atoms with E-state index in [0.717, 1.165) is 49.0 Å². The van der Waals surface area contributed by atoms with E-state index in [1.54, 1.807) is 0 Å². The van der Waals surface area contributed by atoms with Gasteiger partial charge in [0.2, 0.25) is 0 Å². The second-order valence-corrected chi connectivity index (χ2v) is 6.02. The average Bonchev–Trinajstić information content (AvgIpc) is 2.16. The molecule has 0 aliphatic rings. The van der Waals surface area contributed by atoms with Crippen LogP contribution in [-0.2, 0) is 4.57 Å². The van der Waals surface area contributed by atoms with Crippen LogP contribution in [0.15, 0.2) is 42.5 Å². The van der Waals surface area contributed by atoms with E-state index in [4.69, 9.17) is 19.2 Å². The van der Waals surface area contributed by atoms with E-state index in [-0.39, 0.29) is 0 Å². The summed E-state index contributed by atoms with van der Waals surface area (Å²) in [6.07, 6.45) is 0. The Hall–Kier alpha value is 0.446. The number of benzene rings is 2. The number of phosphoric acid groups is 1. The molecule has 2 aromatic carbocycles. The fourth-order valence-corrected chi connectivity index (χ4v) is 2.40. The minimum atomic E-state index is -4.64. The summed E-state index contributed by atoms with van der Waals surface area (Å²) in [7, 11) is -4.64. The molecule has 0 amide bonds.